The number of furan rings is 1. The molecule has 0 bridgehead atoms. The Morgan fingerprint density at radius 3 is 2.74 bits per heavy atom. The molecule has 1 fully saturated rings. The molecule has 1 aliphatic rings. The highest BCUT2D eigenvalue weighted by Crippen LogP contribution is 2.24. The second-order valence-corrected chi connectivity index (χ2v) is 7.71. The number of nitrogens with one attached hydrogen (secondary N) is 2. The Morgan fingerprint density at radius 1 is 1.26 bits per heavy atom. The third kappa shape index (κ3) is 4.96. The highest BCUT2D eigenvalue weighted by atomic mass is 19.1. The fourth-order valence-electron chi connectivity index (χ4n) is 4.03. The van der Waals surface area contributed by atoms with Crippen LogP contribution in [0.1, 0.15) is 36.0 Å². The molecule has 0 spiro atoms. The molecule has 0 amide bonds. The van der Waals surface area contributed by atoms with Crippen molar-refractivity contribution in [1.82, 2.24) is 25.1 Å². The summed E-state index contributed by atoms with van der Waals surface area (Å²) in [6.45, 7) is 5.14. The van der Waals surface area contributed by atoms with Crippen LogP contribution in [0.4, 0.5) is 4.39 Å². The molecule has 2 aromatic heterocycles. The summed E-state index contributed by atoms with van der Waals surface area (Å²) in [4.78, 5) is 10.9. The van der Waals surface area contributed by atoms with Gasteiger partial charge in [0.25, 0.3) is 0 Å². The summed E-state index contributed by atoms with van der Waals surface area (Å²) in [5.41, 5.74) is 1.33. The van der Waals surface area contributed by atoms with Crippen LogP contribution in [0.2, 0.25) is 0 Å². The highest BCUT2D eigenvalue weighted by Gasteiger charge is 2.25. The molecule has 0 saturated carbocycles. The molecule has 164 valence electrons. The number of hydrogen-bond donors (Lipinski definition) is 2. The minimum atomic E-state index is -0.282. The number of halogens is 1. The predicted molar refractivity (Wildman–Crippen MR) is 119 cm³/mol. The molecular formula is C23H29FN6O. The maximum atomic E-state index is 14.6. The first-order chi connectivity index (χ1) is 15.2. The first-order valence-electron chi connectivity index (χ1n) is 10.7. The summed E-state index contributed by atoms with van der Waals surface area (Å²) in [7, 11) is 1.73. The fraction of sp³-hybridized carbons (Fsp3) is 0.391. The smallest absolute Gasteiger partial charge is 0.191 e. The van der Waals surface area contributed by atoms with E-state index >= 15 is 0 Å². The molecule has 4 rings (SSSR count). The molecule has 8 heteroatoms. The topological polar surface area (TPSA) is 70.6 Å². The van der Waals surface area contributed by atoms with Crippen LogP contribution in [0.25, 0.3) is 5.69 Å². The van der Waals surface area contributed by atoms with Crippen LogP contribution in [0.15, 0.2) is 58.4 Å². The van der Waals surface area contributed by atoms with Gasteiger partial charge in [-0.1, -0.05) is 6.07 Å². The molecule has 31 heavy (non-hydrogen) atoms. The molecule has 2 N–H and O–H groups in total. The Kier molecular flexibility index (Phi) is 6.66. The van der Waals surface area contributed by atoms with Crippen molar-refractivity contribution in [3.8, 4) is 5.69 Å². The number of aromatic nitrogens is 2. The van der Waals surface area contributed by atoms with Crippen molar-refractivity contribution in [1.29, 1.82) is 0 Å². The fourth-order valence-corrected chi connectivity index (χ4v) is 4.03. The quantitative estimate of drug-likeness (QED) is 0.449. The molecule has 0 radical (unpaired) electrons. The Morgan fingerprint density at radius 2 is 2.10 bits per heavy atom. The molecule has 1 aromatic carbocycles. The maximum absolute atomic E-state index is 14.6. The van der Waals surface area contributed by atoms with E-state index < -0.39 is 0 Å². The van der Waals surface area contributed by atoms with Crippen LogP contribution < -0.4 is 10.6 Å². The Bertz CT molecular complexity index is 1010. The lowest BCUT2D eigenvalue weighted by Gasteiger charge is -2.26. The van der Waals surface area contributed by atoms with E-state index in [9.17, 15) is 4.39 Å². The number of aryl methyl sites for hydroxylation is 1. The van der Waals surface area contributed by atoms with Gasteiger partial charge in [-0.3, -0.25) is 9.89 Å². The summed E-state index contributed by atoms with van der Waals surface area (Å²) < 4.78 is 22.1. The first kappa shape index (κ1) is 21.1. The van der Waals surface area contributed by atoms with Crippen LogP contribution in [0, 0.1) is 12.7 Å². The highest BCUT2D eigenvalue weighted by molar-refractivity contribution is 5.79. The number of likely N-dealkylation sites (tertiary alicyclic amines) is 1. The minimum absolute atomic E-state index is 0.159. The van der Waals surface area contributed by atoms with Crippen LogP contribution >= 0.6 is 0 Å². The van der Waals surface area contributed by atoms with Crippen LogP contribution in [-0.2, 0) is 6.54 Å². The van der Waals surface area contributed by atoms with Crippen molar-refractivity contribution >= 4 is 5.96 Å². The number of guanidine groups is 1. The molecule has 3 aromatic rings. The average Bonchev–Trinajstić information content (AvgIpc) is 3.54. The van der Waals surface area contributed by atoms with Gasteiger partial charge in [0.15, 0.2) is 5.96 Å². The van der Waals surface area contributed by atoms with Gasteiger partial charge in [-0.2, -0.15) is 0 Å². The van der Waals surface area contributed by atoms with Gasteiger partial charge in [-0.05, 0) is 62.7 Å². The van der Waals surface area contributed by atoms with Gasteiger partial charge in [0.05, 0.1) is 18.0 Å². The summed E-state index contributed by atoms with van der Waals surface area (Å²) in [5, 5.41) is 6.67. The Labute approximate surface area is 182 Å². The number of hydrogen-bond acceptors (Lipinski definition) is 4. The Balaban J connectivity index is 1.36. The summed E-state index contributed by atoms with van der Waals surface area (Å²) in [6, 6.07) is 9.34. The van der Waals surface area contributed by atoms with E-state index in [-0.39, 0.29) is 11.9 Å². The molecule has 7 nitrogen and oxygen atoms in total. The predicted octanol–water partition coefficient (Wildman–Crippen LogP) is 3.41. The van der Waals surface area contributed by atoms with E-state index in [1.165, 1.54) is 12.8 Å². The SMILES string of the molecule is CN=C(NCc1ccc(-n2ccnc2C)c(F)c1)NCC(c1ccco1)N1CCCC1. The standard InChI is InChI=1S/C23H29FN6O/c1-17-26-9-12-30(17)20-8-7-18(14-19(20)24)15-27-23(25-2)28-16-21(22-6-5-13-31-22)29-10-3-4-11-29/h5-9,12-14,21H,3-4,10-11,15-16H2,1-2H3,(H2,25,27,28). The van der Waals surface area contributed by atoms with Crippen LogP contribution in [0.5, 0.6) is 0 Å². The summed E-state index contributed by atoms with van der Waals surface area (Å²) in [5.74, 6) is 2.09. The van der Waals surface area contributed by atoms with Gasteiger partial charge < -0.3 is 19.6 Å². The minimum Gasteiger partial charge on any atom is -0.468 e. The normalized spacial score (nSPS) is 15.9. The van der Waals surface area contributed by atoms with Crippen molar-refractivity contribution in [2.45, 2.75) is 32.4 Å². The zero-order chi connectivity index (χ0) is 21.6. The maximum Gasteiger partial charge on any atom is 0.191 e. The molecular weight excluding hydrogens is 395 g/mol. The van der Waals surface area contributed by atoms with E-state index in [4.69, 9.17) is 4.42 Å². The second-order valence-electron chi connectivity index (χ2n) is 7.71. The number of imidazole rings is 1. The van der Waals surface area contributed by atoms with E-state index in [0.29, 0.717) is 24.7 Å². The van der Waals surface area contributed by atoms with Crippen LogP contribution in [-0.4, -0.2) is 47.1 Å². The molecule has 1 saturated heterocycles. The monoisotopic (exact) mass is 424 g/mol. The molecule has 0 aliphatic carbocycles. The van der Waals surface area contributed by atoms with Crippen molar-refractivity contribution in [2.75, 3.05) is 26.7 Å². The molecule has 1 atom stereocenters. The van der Waals surface area contributed by atoms with Crippen molar-refractivity contribution < 1.29 is 8.81 Å². The molecule has 1 unspecified atom stereocenters. The van der Waals surface area contributed by atoms with E-state index in [1.807, 2.05) is 25.1 Å². The molecule has 3 heterocycles. The number of benzene rings is 1. The average molecular weight is 425 g/mol. The van der Waals surface area contributed by atoms with Gasteiger partial charge in [0.2, 0.25) is 0 Å². The van der Waals surface area contributed by atoms with Crippen molar-refractivity contribution in [3.05, 3.63) is 72.0 Å². The first-order valence-corrected chi connectivity index (χ1v) is 10.7. The van der Waals surface area contributed by atoms with E-state index in [0.717, 1.165) is 30.2 Å². The van der Waals surface area contributed by atoms with E-state index in [2.05, 4.69) is 25.5 Å². The van der Waals surface area contributed by atoms with Gasteiger partial charge in [0, 0.05) is 32.5 Å². The van der Waals surface area contributed by atoms with Gasteiger partial charge in [0.1, 0.15) is 17.4 Å². The van der Waals surface area contributed by atoms with Gasteiger partial charge >= 0.3 is 0 Å². The zero-order valence-corrected chi connectivity index (χ0v) is 18.0. The number of nitrogens with zero attached hydrogens (tertiary/aromatic N) is 4. The third-order valence-corrected chi connectivity index (χ3v) is 5.70. The van der Waals surface area contributed by atoms with E-state index in [1.54, 1.807) is 42.4 Å². The number of aliphatic imine (C=N–C) groups is 1. The van der Waals surface area contributed by atoms with Gasteiger partial charge in [-0.25, -0.2) is 9.37 Å². The Hall–Kier alpha value is -3.13. The van der Waals surface area contributed by atoms with Crippen molar-refractivity contribution in [2.24, 2.45) is 4.99 Å². The summed E-state index contributed by atoms with van der Waals surface area (Å²) >= 11 is 0. The third-order valence-electron chi connectivity index (χ3n) is 5.70. The second kappa shape index (κ2) is 9.78. The summed E-state index contributed by atoms with van der Waals surface area (Å²) in [6.07, 6.45) is 7.56. The lowest BCUT2D eigenvalue weighted by atomic mass is 10.2. The zero-order valence-electron chi connectivity index (χ0n) is 18.0. The van der Waals surface area contributed by atoms with Gasteiger partial charge in [-0.15, -0.1) is 0 Å². The number of rotatable bonds is 7. The lowest BCUT2D eigenvalue weighted by Crippen LogP contribution is -2.42. The lowest BCUT2D eigenvalue weighted by molar-refractivity contribution is 0.215. The van der Waals surface area contributed by atoms with Crippen LogP contribution in [0.3, 0.4) is 0 Å². The molecule has 1 aliphatic heterocycles. The van der Waals surface area contributed by atoms with Crippen molar-refractivity contribution in [3.63, 3.8) is 0 Å². The largest absolute Gasteiger partial charge is 0.468 e.